The summed E-state index contributed by atoms with van der Waals surface area (Å²) in [6.07, 6.45) is 8.18. The van der Waals surface area contributed by atoms with Crippen molar-refractivity contribution in [3.63, 3.8) is 0 Å². The van der Waals surface area contributed by atoms with Gasteiger partial charge in [0.1, 0.15) is 11.5 Å². The molecule has 0 spiro atoms. The highest BCUT2D eigenvalue weighted by Gasteiger charge is 2.05. The lowest BCUT2D eigenvalue weighted by Gasteiger charge is -2.07. The van der Waals surface area contributed by atoms with E-state index in [4.69, 9.17) is 0 Å². The molecule has 2 nitrogen and oxygen atoms in total. The molecular weight excluding hydrogens is 236 g/mol. The van der Waals surface area contributed by atoms with Gasteiger partial charge in [-0.05, 0) is 57.2 Å². The normalized spacial score (nSPS) is 12.6. The minimum Gasteiger partial charge on any atom is -0.507 e. The number of hydrogen-bond donors (Lipinski definition) is 2. The average molecular weight is 260 g/mol. The van der Waals surface area contributed by atoms with Gasteiger partial charge < -0.3 is 10.2 Å². The van der Waals surface area contributed by atoms with Crippen LogP contribution in [0.25, 0.3) is 6.08 Å². The highest BCUT2D eigenvalue weighted by atomic mass is 16.3. The minimum absolute atomic E-state index is 0.130. The van der Waals surface area contributed by atoms with Crippen molar-refractivity contribution in [3.05, 3.63) is 41.0 Å². The van der Waals surface area contributed by atoms with Crippen LogP contribution in [0.4, 0.5) is 0 Å². The van der Waals surface area contributed by atoms with Gasteiger partial charge in [0, 0.05) is 0 Å². The van der Waals surface area contributed by atoms with Crippen molar-refractivity contribution in [2.45, 2.75) is 40.5 Å². The highest BCUT2D eigenvalue weighted by molar-refractivity contribution is 5.64. The van der Waals surface area contributed by atoms with Crippen molar-refractivity contribution < 1.29 is 10.2 Å². The number of rotatable bonds is 5. The molecule has 2 heteroatoms. The minimum atomic E-state index is 0.130. The molecule has 104 valence electrons. The van der Waals surface area contributed by atoms with Crippen LogP contribution in [0.3, 0.4) is 0 Å². The Morgan fingerprint density at radius 2 is 1.79 bits per heavy atom. The van der Waals surface area contributed by atoms with Gasteiger partial charge in [-0.3, -0.25) is 0 Å². The van der Waals surface area contributed by atoms with Crippen molar-refractivity contribution in [2.75, 3.05) is 0 Å². The zero-order valence-corrected chi connectivity index (χ0v) is 12.3. The van der Waals surface area contributed by atoms with Crippen LogP contribution in [0, 0.1) is 12.8 Å². The molecule has 2 N–H and O–H groups in total. The smallest absolute Gasteiger partial charge is 0.126 e. The summed E-state index contributed by atoms with van der Waals surface area (Å²) in [5.41, 5.74) is 2.69. The number of aryl methyl sites for hydroxylation is 1. The Labute approximate surface area is 116 Å². The monoisotopic (exact) mass is 260 g/mol. The van der Waals surface area contributed by atoms with Crippen molar-refractivity contribution in [2.24, 2.45) is 5.92 Å². The van der Waals surface area contributed by atoms with Gasteiger partial charge in [-0.1, -0.05) is 30.7 Å². The largest absolute Gasteiger partial charge is 0.507 e. The van der Waals surface area contributed by atoms with E-state index in [0.29, 0.717) is 11.5 Å². The molecule has 0 radical (unpaired) electrons. The highest BCUT2D eigenvalue weighted by Crippen LogP contribution is 2.30. The van der Waals surface area contributed by atoms with E-state index in [-0.39, 0.29) is 11.5 Å². The predicted octanol–water partition coefficient (Wildman–Crippen LogP) is 4.80. The lowest BCUT2D eigenvalue weighted by molar-refractivity contribution is 0.447. The molecule has 0 aromatic heterocycles. The molecule has 0 aliphatic carbocycles. The second-order valence-electron chi connectivity index (χ2n) is 5.41. The van der Waals surface area contributed by atoms with Crippen LogP contribution in [0.15, 0.2) is 29.9 Å². The summed E-state index contributed by atoms with van der Waals surface area (Å²) >= 11 is 0. The Morgan fingerprint density at radius 3 is 2.32 bits per heavy atom. The number of phenolic OH excluding ortho intramolecular Hbond substituents is 2. The van der Waals surface area contributed by atoms with Crippen LogP contribution >= 0.6 is 0 Å². The molecular formula is C17H24O2. The zero-order valence-electron chi connectivity index (χ0n) is 12.3. The van der Waals surface area contributed by atoms with Crippen LogP contribution in [0.1, 0.15) is 44.7 Å². The molecule has 0 saturated carbocycles. The second-order valence-corrected chi connectivity index (χ2v) is 5.41. The van der Waals surface area contributed by atoms with Gasteiger partial charge >= 0.3 is 0 Å². The van der Waals surface area contributed by atoms with E-state index in [1.807, 2.05) is 13.0 Å². The third-order valence-corrected chi connectivity index (χ3v) is 3.05. The molecule has 0 aliphatic rings. The van der Waals surface area contributed by atoms with Crippen LogP contribution in [-0.2, 0) is 0 Å². The quantitative estimate of drug-likeness (QED) is 0.746. The first kappa shape index (κ1) is 15.4. The van der Waals surface area contributed by atoms with Gasteiger partial charge in [-0.15, -0.1) is 0 Å². The first-order chi connectivity index (χ1) is 8.90. The Bertz CT molecular complexity index is 457. The van der Waals surface area contributed by atoms with E-state index in [1.165, 1.54) is 5.57 Å². The molecule has 1 atom stereocenters. The van der Waals surface area contributed by atoms with Gasteiger partial charge in [0.25, 0.3) is 0 Å². The van der Waals surface area contributed by atoms with Crippen LogP contribution in [0.2, 0.25) is 0 Å². The van der Waals surface area contributed by atoms with Crippen molar-refractivity contribution in [1.82, 2.24) is 0 Å². The molecule has 0 bridgehead atoms. The van der Waals surface area contributed by atoms with Gasteiger partial charge in [-0.25, -0.2) is 0 Å². The molecule has 0 fully saturated rings. The SMILES string of the molecule is CC(C)=CCCC(C)/C=C/c1c(O)cc(C)cc1O. The zero-order chi connectivity index (χ0) is 14.4. The van der Waals surface area contributed by atoms with Gasteiger partial charge in [-0.2, -0.15) is 0 Å². The van der Waals surface area contributed by atoms with Crippen molar-refractivity contribution in [3.8, 4) is 11.5 Å². The Hall–Kier alpha value is -1.70. The maximum absolute atomic E-state index is 9.81. The van der Waals surface area contributed by atoms with E-state index in [2.05, 4.69) is 26.8 Å². The first-order valence-corrected chi connectivity index (χ1v) is 6.74. The number of allylic oxidation sites excluding steroid dienone is 3. The molecule has 0 saturated heterocycles. The molecule has 1 rings (SSSR count). The predicted molar refractivity (Wildman–Crippen MR) is 81.4 cm³/mol. The van der Waals surface area contributed by atoms with E-state index in [0.717, 1.165) is 18.4 Å². The summed E-state index contributed by atoms with van der Waals surface area (Å²) < 4.78 is 0. The van der Waals surface area contributed by atoms with E-state index < -0.39 is 0 Å². The molecule has 0 heterocycles. The van der Waals surface area contributed by atoms with Crippen LogP contribution in [-0.4, -0.2) is 10.2 Å². The fraction of sp³-hybridized carbons (Fsp3) is 0.412. The van der Waals surface area contributed by atoms with Crippen LogP contribution < -0.4 is 0 Å². The van der Waals surface area contributed by atoms with Crippen LogP contribution in [0.5, 0.6) is 11.5 Å². The van der Waals surface area contributed by atoms with E-state index >= 15 is 0 Å². The molecule has 1 aromatic carbocycles. The average Bonchev–Trinajstić information content (AvgIpc) is 2.26. The summed E-state index contributed by atoms with van der Waals surface area (Å²) in [6.45, 7) is 8.18. The van der Waals surface area contributed by atoms with Crippen molar-refractivity contribution >= 4 is 6.08 Å². The summed E-state index contributed by atoms with van der Waals surface area (Å²) in [4.78, 5) is 0. The number of benzene rings is 1. The Kier molecular flexibility index (Phi) is 5.68. The number of hydrogen-bond acceptors (Lipinski definition) is 2. The summed E-state index contributed by atoms with van der Waals surface area (Å²) in [5.74, 6) is 0.672. The van der Waals surface area contributed by atoms with Gasteiger partial charge in [0.2, 0.25) is 0 Å². The molecule has 1 aromatic rings. The fourth-order valence-corrected chi connectivity index (χ4v) is 1.92. The molecule has 0 amide bonds. The van der Waals surface area contributed by atoms with Gasteiger partial charge in [0.15, 0.2) is 0 Å². The molecule has 1 unspecified atom stereocenters. The van der Waals surface area contributed by atoms with Crippen molar-refractivity contribution in [1.29, 1.82) is 0 Å². The third-order valence-electron chi connectivity index (χ3n) is 3.05. The maximum Gasteiger partial charge on any atom is 0.126 e. The van der Waals surface area contributed by atoms with Gasteiger partial charge in [0.05, 0.1) is 5.56 Å². The second kappa shape index (κ2) is 7.03. The Morgan fingerprint density at radius 1 is 1.21 bits per heavy atom. The number of aromatic hydroxyl groups is 2. The third kappa shape index (κ3) is 5.21. The maximum atomic E-state index is 9.81. The summed E-state index contributed by atoms with van der Waals surface area (Å²) in [7, 11) is 0. The Balaban J connectivity index is 2.69. The first-order valence-electron chi connectivity index (χ1n) is 6.74. The lowest BCUT2D eigenvalue weighted by Crippen LogP contribution is -1.89. The lowest BCUT2D eigenvalue weighted by atomic mass is 10.0. The summed E-state index contributed by atoms with van der Waals surface area (Å²) in [6, 6.07) is 3.32. The van der Waals surface area contributed by atoms with E-state index in [1.54, 1.807) is 18.2 Å². The standard InChI is InChI=1S/C17H24O2/c1-12(2)6-5-7-13(3)8-9-15-16(18)10-14(4)11-17(15)19/h6,8-11,13,18-19H,5,7H2,1-4H3/b9-8+. The topological polar surface area (TPSA) is 40.5 Å². The van der Waals surface area contributed by atoms with E-state index in [9.17, 15) is 10.2 Å². The molecule has 0 aliphatic heterocycles. The fourth-order valence-electron chi connectivity index (χ4n) is 1.92. The summed E-state index contributed by atoms with van der Waals surface area (Å²) in [5, 5.41) is 19.6. The number of phenols is 2. The molecule has 19 heavy (non-hydrogen) atoms.